The molecule has 2 atom stereocenters. The summed E-state index contributed by atoms with van der Waals surface area (Å²) in [6.45, 7) is 3.36. The van der Waals surface area contributed by atoms with Gasteiger partial charge < -0.3 is 10.5 Å². The van der Waals surface area contributed by atoms with Crippen LogP contribution in [-0.4, -0.2) is 17.6 Å². The molecule has 1 fully saturated rings. The Kier molecular flexibility index (Phi) is 4.51. The summed E-state index contributed by atoms with van der Waals surface area (Å²) < 4.78 is 5.98. The highest BCUT2D eigenvalue weighted by Gasteiger charge is 2.24. The third-order valence-electron chi connectivity index (χ3n) is 3.53. The van der Waals surface area contributed by atoms with E-state index in [2.05, 4.69) is 4.98 Å². The molecule has 3 heteroatoms. The second kappa shape index (κ2) is 6.12. The Hall–Kier alpha value is -0.930. The Balaban J connectivity index is 1.88. The summed E-state index contributed by atoms with van der Waals surface area (Å²) in [6.07, 6.45) is 5.25. The molecule has 2 unspecified atom stereocenters. The first-order chi connectivity index (χ1) is 8.29. The zero-order valence-electron chi connectivity index (χ0n) is 10.6. The van der Waals surface area contributed by atoms with E-state index in [4.69, 9.17) is 10.5 Å². The highest BCUT2D eigenvalue weighted by Crippen LogP contribution is 2.26. The fraction of sp³-hybridized carbons (Fsp3) is 0.643. The van der Waals surface area contributed by atoms with E-state index in [1.165, 1.54) is 19.3 Å². The van der Waals surface area contributed by atoms with Crippen LogP contribution >= 0.6 is 0 Å². The van der Waals surface area contributed by atoms with E-state index in [0.29, 0.717) is 18.6 Å². The number of hydrogen-bond acceptors (Lipinski definition) is 3. The van der Waals surface area contributed by atoms with Gasteiger partial charge in [-0.25, -0.2) is 0 Å². The lowest BCUT2D eigenvalue weighted by molar-refractivity contribution is -0.0196. The van der Waals surface area contributed by atoms with Gasteiger partial charge in [0, 0.05) is 5.69 Å². The second-order valence-electron chi connectivity index (χ2n) is 4.90. The van der Waals surface area contributed by atoms with Gasteiger partial charge in [-0.2, -0.15) is 0 Å². The van der Waals surface area contributed by atoms with E-state index in [-0.39, 0.29) is 0 Å². The molecule has 1 aromatic rings. The molecule has 1 heterocycles. The standard InChI is InChI=1S/C14H22N2O/c1-11-5-4-7-13(16-11)10-17-14-8-3-2-6-12(14)9-15/h4-5,7,12,14H,2-3,6,8-10,15H2,1H3. The number of aromatic nitrogens is 1. The maximum absolute atomic E-state index is 5.98. The van der Waals surface area contributed by atoms with Crippen molar-refractivity contribution in [3.05, 3.63) is 29.6 Å². The minimum Gasteiger partial charge on any atom is -0.372 e. The Labute approximate surface area is 103 Å². The van der Waals surface area contributed by atoms with E-state index in [1.807, 2.05) is 25.1 Å². The minimum atomic E-state index is 0.330. The Morgan fingerprint density at radius 3 is 2.94 bits per heavy atom. The Bertz CT molecular complexity index is 354. The number of pyridine rings is 1. The van der Waals surface area contributed by atoms with Gasteiger partial charge in [-0.15, -0.1) is 0 Å². The van der Waals surface area contributed by atoms with Crippen LogP contribution in [0.3, 0.4) is 0 Å². The first-order valence-electron chi connectivity index (χ1n) is 6.54. The summed E-state index contributed by atoms with van der Waals surface area (Å²) in [5.74, 6) is 0.536. The SMILES string of the molecule is Cc1cccc(COC2CCCCC2CN)n1. The van der Waals surface area contributed by atoms with Gasteiger partial charge in [0.25, 0.3) is 0 Å². The molecular weight excluding hydrogens is 212 g/mol. The van der Waals surface area contributed by atoms with E-state index >= 15 is 0 Å². The first kappa shape index (κ1) is 12.5. The zero-order valence-corrected chi connectivity index (χ0v) is 10.6. The number of rotatable bonds is 4. The Morgan fingerprint density at radius 1 is 1.35 bits per heavy atom. The van der Waals surface area contributed by atoms with Crippen LogP contribution in [0.4, 0.5) is 0 Å². The molecule has 2 N–H and O–H groups in total. The van der Waals surface area contributed by atoms with Gasteiger partial charge in [-0.1, -0.05) is 18.9 Å². The van der Waals surface area contributed by atoms with Crippen molar-refractivity contribution in [2.24, 2.45) is 11.7 Å². The molecule has 0 amide bonds. The lowest BCUT2D eigenvalue weighted by atomic mass is 9.86. The van der Waals surface area contributed by atoms with Gasteiger partial charge >= 0.3 is 0 Å². The lowest BCUT2D eigenvalue weighted by Crippen LogP contribution is -2.33. The number of nitrogens with two attached hydrogens (primary N) is 1. The van der Waals surface area contributed by atoms with Crippen LogP contribution in [0.5, 0.6) is 0 Å². The summed E-state index contributed by atoms with van der Waals surface area (Å²) in [6, 6.07) is 6.06. The number of aryl methyl sites for hydroxylation is 1. The topological polar surface area (TPSA) is 48.1 Å². The minimum absolute atomic E-state index is 0.330. The van der Waals surface area contributed by atoms with Gasteiger partial charge in [0.1, 0.15) is 0 Å². The molecule has 0 bridgehead atoms. The molecule has 0 aromatic carbocycles. The fourth-order valence-electron chi connectivity index (χ4n) is 2.53. The lowest BCUT2D eigenvalue weighted by Gasteiger charge is -2.30. The van der Waals surface area contributed by atoms with Crippen LogP contribution in [0, 0.1) is 12.8 Å². The van der Waals surface area contributed by atoms with E-state index in [1.54, 1.807) is 0 Å². The fourth-order valence-corrected chi connectivity index (χ4v) is 2.53. The predicted octanol–water partition coefficient (Wildman–Crippen LogP) is 2.42. The van der Waals surface area contributed by atoms with Crippen molar-refractivity contribution in [2.75, 3.05) is 6.54 Å². The summed E-state index contributed by atoms with van der Waals surface area (Å²) in [4.78, 5) is 4.45. The third-order valence-corrected chi connectivity index (χ3v) is 3.53. The second-order valence-corrected chi connectivity index (χ2v) is 4.90. The van der Waals surface area contributed by atoms with Gasteiger partial charge in [0.15, 0.2) is 0 Å². The van der Waals surface area contributed by atoms with Crippen LogP contribution in [0.1, 0.15) is 37.1 Å². The monoisotopic (exact) mass is 234 g/mol. The van der Waals surface area contributed by atoms with Crippen LogP contribution in [0.15, 0.2) is 18.2 Å². The molecule has 1 saturated carbocycles. The Morgan fingerprint density at radius 2 is 2.18 bits per heavy atom. The molecule has 0 aliphatic heterocycles. The number of hydrogen-bond donors (Lipinski definition) is 1. The predicted molar refractivity (Wildman–Crippen MR) is 68.6 cm³/mol. The summed E-state index contributed by atoms with van der Waals surface area (Å²) >= 11 is 0. The molecule has 0 saturated heterocycles. The third kappa shape index (κ3) is 3.51. The van der Waals surface area contributed by atoms with Crippen LogP contribution in [0.2, 0.25) is 0 Å². The van der Waals surface area contributed by atoms with Crippen molar-refractivity contribution in [1.29, 1.82) is 0 Å². The first-order valence-corrected chi connectivity index (χ1v) is 6.54. The van der Waals surface area contributed by atoms with Crippen molar-refractivity contribution in [3.8, 4) is 0 Å². The van der Waals surface area contributed by atoms with Crippen molar-refractivity contribution < 1.29 is 4.74 Å². The highest BCUT2D eigenvalue weighted by molar-refractivity contribution is 5.09. The van der Waals surface area contributed by atoms with Gasteiger partial charge in [-0.3, -0.25) is 4.98 Å². The van der Waals surface area contributed by atoms with Crippen molar-refractivity contribution in [2.45, 2.75) is 45.3 Å². The quantitative estimate of drug-likeness (QED) is 0.870. The average molecular weight is 234 g/mol. The van der Waals surface area contributed by atoms with Crippen LogP contribution in [0.25, 0.3) is 0 Å². The molecule has 17 heavy (non-hydrogen) atoms. The largest absolute Gasteiger partial charge is 0.372 e. The summed E-state index contributed by atoms with van der Waals surface area (Å²) in [5.41, 5.74) is 7.86. The molecule has 3 nitrogen and oxygen atoms in total. The number of ether oxygens (including phenoxy) is 1. The molecule has 94 valence electrons. The van der Waals surface area contributed by atoms with Crippen molar-refractivity contribution in [1.82, 2.24) is 4.98 Å². The van der Waals surface area contributed by atoms with Crippen LogP contribution < -0.4 is 5.73 Å². The normalized spacial score (nSPS) is 24.8. The molecule has 1 aromatic heterocycles. The van der Waals surface area contributed by atoms with Crippen molar-refractivity contribution in [3.63, 3.8) is 0 Å². The molecule has 0 spiro atoms. The van der Waals surface area contributed by atoms with Crippen LogP contribution in [-0.2, 0) is 11.3 Å². The maximum Gasteiger partial charge on any atom is 0.0891 e. The molecule has 0 radical (unpaired) electrons. The molecular formula is C14H22N2O. The van der Waals surface area contributed by atoms with E-state index < -0.39 is 0 Å². The van der Waals surface area contributed by atoms with Gasteiger partial charge in [0.05, 0.1) is 18.4 Å². The molecule has 2 rings (SSSR count). The highest BCUT2D eigenvalue weighted by atomic mass is 16.5. The van der Waals surface area contributed by atoms with E-state index in [9.17, 15) is 0 Å². The number of nitrogens with zero attached hydrogens (tertiary/aromatic N) is 1. The average Bonchev–Trinajstić information content (AvgIpc) is 2.37. The molecule has 1 aliphatic carbocycles. The van der Waals surface area contributed by atoms with Gasteiger partial charge in [0.2, 0.25) is 0 Å². The summed E-state index contributed by atoms with van der Waals surface area (Å²) in [7, 11) is 0. The van der Waals surface area contributed by atoms with Crippen molar-refractivity contribution >= 4 is 0 Å². The maximum atomic E-state index is 5.98. The van der Waals surface area contributed by atoms with Gasteiger partial charge in [-0.05, 0) is 44.4 Å². The van der Waals surface area contributed by atoms with E-state index in [0.717, 1.165) is 24.4 Å². The molecule has 1 aliphatic rings. The smallest absolute Gasteiger partial charge is 0.0891 e. The summed E-state index contributed by atoms with van der Waals surface area (Å²) in [5, 5.41) is 0. The zero-order chi connectivity index (χ0) is 12.1.